The molecule has 0 aliphatic carbocycles. The SMILES string of the molecule is C=C(Cl)CNC(=O)c1cc(Br)ccc1N. The summed E-state index contributed by atoms with van der Waals surface area (Å²) in [4.78, 5) is 11.6. The second-order valence-corrected chi connectivity index (χ2v) is 4.38. The molecule has 0 aromatic heterocycles. The molecule has 1 aromatic rings. The van der Waals surface area contributed by atoms with Crippen molar-refractivity contribution >= 4 is 39.1 Å². The van der Waals surface area contributed by atoms with Crippen LogP contribution in [0, 0.1) is 0 Å². The summed E-state index contributed by atoms with van der Waals surface area (Å²) >= 11 is 8.80. The van der Waals surface area contributed by atoms with Crippen molar-refractivity contribution in [2.24, 2.45) is 0 Å². The second-order valence-electron chi connectivity index (χ2n) is 2.93. The van der Waals surface area contributed by atoms with Crippen molar-refractivity contribution in [3.63, 3.8) is 0 Å². The van der Waals surface area contributed by atoms with Crippen LogP contribution in [0.4, 0.5) is 5.69 Å². The van der Waals surface area contributed by atoms with Crippen LogP contribution in [0.1, 0.15) is 10.4 Å². The number of hydrogen-bond acceptors (Lipinski definition) is 2. The predicted octanol–water partition coefficient (Wildman–Crippen LogP) is 2.51. The van der Waals surface area contributed by atoms with Crippen LogP contribution in [0.25, 0.3) is 0 Å². The normalized spacial score (nSPS) is 9.73. The van der Waals surface area contributed by atoms with Gasteiger partial charge in [0.1, 0.15) is 0 Å². The van der Waals surface area contributed by atoms with Gasteiger partial charge in [-0.15, -0.1) is 0 Å². The van der Waals surface area contributed by atoms with Crippen molar-refractivity contribution in [1.29, 1.82) is 0 Å². The van der Waals surface area contributed by atoms with E-state index in [1.807, 2.05) is 0 Å². The van der Waals surface area contributed by atoms with Gasteiger partial charge in [0, 0.05) is 15.2 Å². The molecule has 80 valence electrons. The molecule has 0 radical (unpaired) electrons. The van der Waals surface area contributed by atoms with E-state index in [-0.39, 0.29) is 12.5 Å². The summed E-state index contributed by atoms with van der Waals surface area (Å²) in [7, 11) is 0. The topological polar surface area (TPSA) is 55.1 Å². The first-order valence-corrected chi connectivity index (χ1v) is 5.34. The summed E-state index contributed by atoms with van der Waals surface area (Å²) in [5.41, 5.74) is 6.51. The minimum atomic E-state index is -0.268. The maximum Gasteiger partial charge on any atom is 0.253 e. The Morgan fingerprint density at radius 3 is 2.87 bits per heavy atom. The number of rotatable bonds is 3. The third kappa shape index (κ3) is 3.57. The van der Waals surface area contributed by atoms with Gasteiger partial charge >= 0.3 is 0 Å². The molecule has 0 saturated heterocycles. The molecule has 0 spiro atoms. The van der Waals surface area contributed by atoms with Gasteiger partial charge in [0.15, 0.2) is 0 Å². The van der Waals surface area contributed by atoms with Crippen molar-refractivity contribution in [3.05, 3.63) is 39.8 Å². The lowest BCUT2D eigenvalue weighted by Gasteiger charge is -2.06. The van der Waals surface area contributed by atoms with E-state index in [2.05, 4.69) is 27.8 Å². The first-order chi connectivity index (χ1) is 7.00. The monoisotopic (exact) mass is 288 g/mol. The molecule has 3 nitrogen and oxygen atoms in total. The Hall–Kier alpha value is -1.00. The summed E-state index contributed by atoms with van der Waals surface area (Å²) in [6.07, 6.45) is 0. The van der Waals surface area contributed by atoms with Gasteiger partial charge in [-0.1, -0.05) is 34.1 Å². The fraction of sp³-hybridized carbons (Fsp3) is 0.100. The fourth-order valence-electron chi connectivity index (χ4n) is 0.997. The number of carbonyl (C=O) groups is 1. The van der Waals surface area contributed by atoms with E-state index in [9.17, 15) is 4.79 Å². The van der Waals surface area contributed by atoms with Gasteiger partial charge in [-0.3, -0.25) is 4.79 Å². The quantitative estimate of drug-likeness (QED) is 0.840. The first-order valence-electron chi connectivity index (χ1n) is 4.17. The van der Waals surface area contributed by atoms with Crippen molar-refractivity contribution in [2.75, 3.05) is 12.3 Å². The molecule has 0 saturated carbocycles. The standard InChI is InChI=1S/C10H10BrClN2O/c1-6(12)5-14-10(15)8-4-7(11)2-3-9(8)13/h2-4H,1,5,13H2,(H,14,15). The highest BCUT2D eigenvalue weighted by atomic mass is 79.9. The summed E-state index contributed by atoms with van der Waals surface area (Å²) in [5, 5.41) is 2.97. The van der Waals surface area contributed by atoms with E-state index in [4.69, 9.17) is 17.3 Å². The fourth-order valence-corrected chi connectivity index (χ4v) is 1.42. The van der Waals surface area contributed by atoms with Crippen LogP contribution in [-0.2, 0) is 0 Å². The third-order valence-corrected chi connectivity index (χ3v) is 2.33. The molecule has 0 unspecified atom stereocenters. The molecule has 1 aromatic carbocycles. The number of halogens is 2. The van der Waals surface area contributed by atoms with Crippen molar-refractivity contribution in [2.45, 2.75) is 0 Å². The molecule has 1 amide bonds. The number of hydrogen-bond donors (Lipinski definition) is 2. The molecule has 0 aliphatic rings. The first kappa shape index (κ1) is 12.1. The van der Waals surface area contributed by atoms with Gasteiger partial charge in [-0.2, -0.15) is 0 Å². The molecule has 0 heterocycles. The molecule has 15 heavy (non-hydrogen) atoms. The van der Waals surface area contributed by atoms with E-state index in [0.717, 1.165) is 4.47 Å². The molecule has 0 fully saturated rings. The number of carbonyl (C=O) groups excluding carboxylic acids is 1. The molecule has 1 rings (SSSR count). The van der Waals surface area contributed by atoms with Crippen LogP contribution in [0.15, 0.2) is 34.3 Å². The highest BCUT2D eigenvalue weighted by Gasteiger charge is 2.09. The zero-order chi connectivity index (χ0) is 11.4. The van der Waals surface area contributed by atoms with Gasteiger partial charge < -0.3 is 11.1 Å². The predicted molar refractivity (Wildman–Crippen MR) is 65.9 cm³/mol. The molecule has 5 heteroatoms. The van der Waals surface area contributed by atoms with Crippen LogP contribution >= 0.6 is 27.5 Å². The number of amides is 1. The summed E-state index contributed by atoms with van der Waals surface area (Å²) in [6.45, 7) is 3.70. The van der Waals surface area contributed by atoms with E-state index < -0.39 is 0 Å². The zero-order valence-corrected chi connectivity index (χ0v) is 10.2. The van der Waals surface area contributed by atoms with E-state index >= 15 is 0 Å². The average molecular weight is 290 g/mol. The maximum atomic E-state index is 11.6. The Morgan fingerprint density at radius 2 is 2.27 bits per heavy atom. The van der Waals surface area contributed by atoms with E-state index in [0.29, 0.717) is 16.3 Å². The number of nitrogen functional groups attached to an aromatic ring is 1. The Labute approximate surface area is 101 Å². The van der Waals surface area contributed by atoms with E-state index in [1.165, 1.54) is 0 Å². The number of anilines is 1. The highest BCUT2D eigenvalue weighted by molar-refractivity contribution is 9.10. The molecule has 0 bridgehead atoms. The van der Waals surface area contributed by atoms with Gasteiger partial charge in [-0.05, 0) is 18.2 Å². The van der Waals surface area contributed by atoms with Crippen LogP contribution in [0.2, 0.25) is 0 Å². The summed E-state index contributed by atoms with van der Waals surface area (Å²) < 4.78 is 0.798. The van der Waals surface area contributed by atoms with Crippen LogP contribution in [0.3, 0.4) is 0 Å². The number of nitrogens with two attached hydrogens (primary N) is 1. The Morgan fingerprint density at radius 1 is 1.60 bits per heavy atom. The van der Waals surface area contributed by atoms with Gasteiger partial charge in [0.25, 0.3) is 5.91 Å². The van der Waals surface area contributed by atoms with Crippen LogP contribution in [0.5, 0.6) is 0 Å². The smallest absolute Gasteiger partial charge is 0.253 e. The molecular formula is C10H10BrClN2O. The van der Waals surface area contributed by atoms with Gasteiger partial charge in [0.05, 0.1) is 12.1 Å². The Bertz CT molecular complexity index is 406. The molecular weight excluding hydrogens is 279 g/mol. The number of benzene rings is 1. The van der Waals surface area contributed by atoms with Crippen molar-refractivity contribution in [1.82, 2.24) is 5.32 Å². The minimum absolute atomic E-state index is 0.229. The van der Waals surface area contributed by atoms with E-state index in [1.54, 1.807) is 18.2 Å². The Kier molecular flexibility index (Phi) is 4.17. The highest BCUT2D eigenvalue weighted by Crippen LogP contribution is 2.18. The summed E-state index contributed by atoms with van der Waals surface area (Å²) in [5.74, 6) is -0.268. The molecule has 3 N–H and O–H groups in total. The maximum absolute atomic E-state index is 11.6. The lowest BCUT2D eigenvalue weighted by molar-refractivity contribution is 0.0958. The molecule has 0 aliphatic heterocycles. The van der Waals surface area contributed by atoms with Crippen LogP contribution < -0.4 is 11.1 Å². The van der Waals surface area contributed by atoms with Crippen molar-refractivity contribution in [3.8, 4) is 0 Å². The van der Waals surface area contributed by atoms with Gasteiger partial charge in [0.2, 0.25) is 0 Å². The van der Waals surface area contributed by atoms with Crippen molar-refractivity contribution < 1.29 is 4.79 Å². The lowest BCUT2D eigenvalue weighted by Crippen LogP contribution is -2.25. The third-order valence-electron chi connectivity index (χ3n) is 1.70. The Balaban J connectivity index is 2.81. The average Bonchev–Trinajstić information content (AvgIpc) is 2.18. The van der Waals surface area contributed by atoms with Gasteiger partial charge in [-0.25, -0.2) is 0 Å². The number of nitrogens with one attached hydrogen (secondary N) is 1. The molecule has 0 atom stereocenters. The van der Waals surface area contributed by atoms with Crippen LogP contribution in [-0.4, -0.2) is 12.5 Å². The summed E-state index contributed by atoms with van der Waals surface area (Å²) in [6, 6.07) is 5.09. The zero-order valence-electron chi connectivity index (χ0n) is 7.89. The second kappa shape index (κ2) is 5.19. The largest absolute Gasteiger partial charge is 0.398 e. The lowest BCUT2D eigenvalue weighted by atomic mass is 10.1. The minimum Gasteiger partial charge on any atom is -0.398 e.